The molecule has 0 aliphatic carbocycles. The smallest absolute Gasteiger partial charge is 0.188 e. The fourth-order valence-electron chi connectivity index (χ4n) is 1.55. The quantitative estimate of drug-likeness (QED) is 0.532. The number of nitrogens with two attached hydrogens (primary N) is 1. The summed E-state index contributed by atoms with van der Waals surface area (Å²) in [5.74, 6) is 1.44. The van der Waals surface area contributed by atoms with E-state index in [2.05, 4.69) is 24.2 Å². The van der Waals surface area contributed by atoms with E-state index >= 15 is 0 Å². The number of hydrogen-bond donors (Lipinski definition) is 3. The van der Waals surface area contributed by atoms with E-state index in [1.807, 2.05) is 12.1 Å². The third-order valence-corrected chi connectivity index (χ3v) is 2.62. The van der Waals surface area contributed by atoms with Gasteiger partial charge in [0, 0.05) is 13.1 Å². The summed E-state index contributed by atoms with van der Waals surface area (Å²) < 4.78 is 0. The Balaban J connectivity index is 2.24. The largest absolute Gasteiger partial charge is 0.508 e. The molecule has 0 atom stereocenters. The molecular formula is C14H23N3O. The van der Waals surface area contributed by atoms with Gasteiger partial charge in [-0.25, -0.2) is 0 Å². The molecule has 1 aromatic rings. The van der Waals surface area contributed by atoms with Crippen molar-refractivity contribution in [3.05, 3.63) is 29.8 Å². The predicted octanol–water partition coefficient (Wildman–Crippen LogP) is 1.89. The number of guanidine groups is 1. The molecule has 0 amide bonds. The van der Waals surface area contributed by atoms with Gasteiger partial charge in [-0.2, -0.15) is 0 Å². The van der Waals surface area contributed by atoms with Crippen LogP contribution in [0.1, 0.15) is 25.8 Å². The highest BCUT2D eigenvalue weighted by atomic mass is 16.3. The maximum atomic E-state index is 9.32. The predicted molar refractivity (Wildman–Crippen MR) is 75.8 cm³/mol. The summed E-state index contributed by atoms with van der Waals surface area (Å²) in [6, 6.07) is 7.24. The van der Waals surface area contributed by atoms with Crippen LogP contribution in [0.5, 0.6) is 5.75 Å². The van der Waals surface area contributed by atoms with Gasteiger partial charge in [0.1, 0.15) is 5.75 Å². The molecule has 0 heterocycles. The van der Waals surface area contributed by atoms with E-state index in [0.717, 1.165) is 31.5 Å². The maximum Gasteiger partial charge on any atom is 0.188 e. The lowest BCUT2D eigenvalue weighted by Gasteiger charge is -2.06. The summed E-state index contributed by atoms with van der Waals surface area (Å²) in [6.45, 7) is 5.82. The standard InChI is InChI=1S/C14H23N3O/c1-11(2)6-8-16-14(15)17-9-7-12-4-3-5-13(18)10-12/h3-5,10-11,18H,6-9H2,1-2H3,(H3,15,16,17). The molecule has 4 nitrogen and oxygen atoms in total. The van der Waals surface area contributed by atoms with Crippen molar-refractivity contribution < 1.29 is 5.11 Å². The van der Waals surface area contributed by atoms with Crippen LogP contribution in [0, 0.1) is 5.92 Å². The van der Waals surface area contributed by atoms with Gasteiger partial charge < -0.3 is 16.2 Å². The Morgan fingerprint density at radius 1 is 1.44 bits per heavy atom. The number of rotatable bonds is 6. The molecule has 0 aliphatic heterocycles. The van der Waals surface area contributed by atoms with Crippen LogP contribution in [-0.4, -0.2) is 24.2 Å². The zero-order valence-electron chi connectivity index (χ0n) is 11.2. The topological polar surface area (TPSA) is 70.6 Å². The lowest BCUT2D eigenvalue weighted by Crippen LogP contribution is -2.33. The molecule has 1 rings (SSSR count). The van der Waals surface area contributed by atoms with Gasteiger partial charge in [0.15, 0.2) is 5.96 Å². The number of nitrogens with zero attached hydrogens (tertiary/aromatic N) is 1. The summed E-state index contributed by atoms with van der Waals surface area (Å²) in [7, 11) is 0. The Morgan fingerprint density at radius 2 is 2.22 bits per heavy atom. The molecule has 0 bridgehead atoms. The van der Waals surface area contributed by atoms with Gasteiger partial charge >= 0.3 is 0 Å². The van der Waals surface area contributed by atoms with E-state index in [1.54, 1.807) is 12.1 Å². The summed E-state index contributed by atoms with van der Waals surface area (Å²) >= 11 is 0. The first kappa shape index (κ1) is 14.4. The van der Waals surface area contributed by atoms with Crippen LogP contribution in [0.2, 0.25) is 0 Å². The highest BCUT2D eigenvalue weighted by molar-refractivity contribution is 5.77. The first-order chi connectivity index (χ1) is 8.58. The summed E-state index contributed by atoms with van der Waals surface area (Å²) in [5.41, 5.74) is 6.82. The molecule has 0 fully saturated rings. The summed E-state index contributed by atoms with van der Waals surface area (Å²) in [4.78, 5) is 4.25. The van der Waals surface area contributed by atoms with E-state index in [-0.39, 0.29) is 0 Å². The van der Waals surface area contributed by atoms with Crippen LogP contribution < -0.4 is 11.1 Å². The van der Waals surface area contributed by atoms with E-state index in [4.69, 9.17) is 5.73 Å². The molecule has 0 saturated carbocycles. The van der Waals surface area contributed by atoms with Crippen LogP contribution in [0.25, 0.3) is 0 Å². The lowest BCUT2D eigenvalue weighted by molar-refractivity contribution is 0.474. The van der Waals surface area contributed by atoms with Crippen molar-refractivity contribution in [1.29, 1.82) is 0 Å². The Bertz CT molecular complexity index is 388. The first-order valence-electron chi connectivity index (χ1n) is 6.39. The van der Waals surface area contributed by atoms with Gasteiger partial charge in [0.2, 0.25) is 0 Å². The number of aliphatic imine (C=N–C) groups is 1. The molecule has 0 saturated heterocycles. The molecule has 0 spiro atoms. The normalized spacial score (nSPS) is 11.8. The number of benzene rings is 1. The fraction of sp³-hybridized carbons (Fsp3) is 0.500. The average Bonchev–Trinajstić information content (AvgIpc) is 2.28. The molecule has 0 aromatic heterocycles. The fourth-order valence-corrected chi connectivity index (χ4v) is 1.55. The molecule has 0 radical (unpaired) electrons. The zero-order valence-corrected chi connectivity index (χ0v) is 11.2. The minimum absolute atomic E-state index is 0.297. The minimum atomic E-state index is 0.297. The Morgan fingerprint density at radius 3 is 2.89 bits per heavy atom. The Kier molecular flexibility index (Phi) is 6.05. The maximum absolute atomic E-state index is 9.32. The molecule has 1 aromatic carbocycles. The third-order valence-electron chi connectivity index (χ3n) is 2.62. The average molecular weight is 249 g/mol. The second kappa shape index (κ2) is 7.58. The van der Waals surface area contributed by atoms with Gasteiger partial charge in [-0.05, 0) is 36.5 Å². The number of hydrogen-bond acceptors (Lipinski definition) is 2. The number of phenols is 1. The van der Waals surface area contributed by atoms with E-state index < -0.39 is 0 Å². The summed E-state index contributed by atoms with van der Waals surface area (Å²) in [5, 5.41) is 12.4. The van der Waals surface area contributed by atoms with Gasteiger partial charge in [-0.1, -0.05) is 26.0 Å². The van der Waals surface area contributed by atoms with Crippen LogP contribution in [0.4, 0.5) is 0 Å². The van der Waals surface area contributed by atoms with Crippen molar-refractivity contribution in [3.8, 4) is 5.75 Å². The van der Waals surface area contributed by atoms with Crippen LogP contribution >= 0.6 is 0 Å². The van der Waals surface area contributed by atoms with Crippen molar-refractivity contribution in [2.24, 2.45) is 16.6 Å². The van der Waals surface area contributed by atoms with Gasteiger partial charge in [0.25, 0.3) is 0 Å². The SMILES string of the molecule is CC(C)CCN=C(N)NCCc1cccc(O)c1. The summed E-state index contributed by atoms with van der Waals surface area (Å²) in [6.07, 6.45) is 1.86. The second-order valence-corrected chi connectivity index (χ2v) is 4.80. The molecule has 0 unspecified atom stereocenters. The molecule has 100 valence electrons. The van der Waals surface area contributed by atoms with E-state index in [1.165, 1.54) is 0 Å². The monoisotopic (exact) mass is 249 g/mol. The number of phenolic OH excluding ortho intramolecular Hbond substituents is 1. The van der Waals surface area contributed by atoms with Gasteiger partial charge in [-0.15, -0.1) is 0 Å². The molecule has 18 heavy (non-hydrogen) atoms. The molecule has 4 N–H and O–H groups in total. The zero-order chi connectivity index (χ0) is 13.4. The van der Waals surface area contributed by atoms with Crippen molar-refractivity contribution in [2.45, 2.75) is 26.7 Å². The van der Waals surface area contributed by atoms with Crippen molar-refractivity contribution in [1.82, 2.24) is 5.32 Å². The molecule has 0 aliphatic rings. The van der Waals surface area contributed by atoms with E-state index in [0.29, 0.717) is 17.6 Å². The van der Waals surface area contributed by atoms with Gasteiger partial charge in [-0.3, -0.25) is 4.99 Å². The van der Waals surface area contributed by atoms with Crippen LogP contribution in [0.3, 0.4) is 0 Å². The van der Waals surface area contributed by atoms with Crippen molar-refractivity contribution in [3.63, 3.8) is 0 Å². The minimum Gasteiger partial charge on any atom is -0.508 e. The number of nitrogens with one attached hydrogen (secondary N) is 1. The second-order valence-electron chi connectivity index (χ2n) is 4.80. The highest BCUT2D eigenvalue weighted by Crippen LogP contribution is 2.10. The Hall–Kier alpha value is -1.71. The van der Waals surface area contributed by atoms with Crippen LogP contribution in [0.15, 0.2) is 29.3 Å². The van der Waals surface area contributed by atoms with Gasteiger partial charge in [0.05, 0.1) is 0 Å². The first-order valence-corrected chi connectivity index (χ1v) is 6.39. The lowest BCUT2D eigenvalue weighted by atomic mass is 10.1. The third kappa shape index (κ3) is 6.13. The molecular weight excluding hydrogens is 226 g/mol. The van der Waals surface area contributed by atoms with Crippen molar-refractivity contribution in [2.75, 3.05) is 13.1 Å². The van der Waals surface area contributed by atoms with Crippen molar-refractivity contribution >= 4 is 5.96 Å². The van der Waals surface area contributed by atoms with Crippen LogP contribution in [-0.2, 0) is 6.42 Å². The Labute approximate surface area is 109 Å². The molecule has 4 heteroatoms. The van der Waals surface area contributed by atoms with E-state index in [9.17, 15) is 5.11 Å². The number of aromatic hydroxyl groups is 1. The highest BCUT2D eigenvalue weighted by Gasteiger charge is 1.96.